The molecule has 0 spiro atoms. The molecule has 0 aliphatic carbocycles. The molecule has 3 N–H and O–H groups in total. The smallest absolute Gasteiger partial charge is 0.409 e. The topological polar surface area (TPSA) is 105 Å². The lowest BCUT2D eigenvalue weighted by Gasteiger charge is -2.33. The zero-order chi connectivity index (χ0) is 19.2. The highest BCUT2D eigenvalue weighted by molar-refractivity contribution is 5.78. The number of hydrogen-bond acceptors (Lipinski definition) is 5. The van der Waals surface area contributed by atoms with Crippen LogP contribution >= 0.6 is 0 Å². The quantitative estimate of drug-likeness (QED) is 0.736. The summed E-state index contributed by atoms with van der Waals surface area (Å²) in [6.07, 6.45) is 1.71. The van der Waals surface area contributed by atoms with E-state index in [0.717, 1.165) is 30.6 Å². The van der Waals surface area contributed by atoms with Gasteiger partial charge in [0.2, 0.25) is 11.8 Å². The molecule has 1 atom stereocenters. The molecule has 2 fully saturated rings. The molecular weight excluding hydrogens is 348 g/mol. The Hall–Kier alpha value is -2.77. The van der Waals surface area contributed by atoms with Gasteiger partial charge in [0.25, 0.3) is 0 Å². The van der Waals surface area contributed by atoms with Crippen LogP contribution in [0, 0.1) is 5.92 Å². The summed E-state index contributed by atoms with van der Waals surface area (Å²) in [4.78, 5) is 38.4. The predicted octanol–water partition coefficient (Wildman–Crippen LogP) is 0.847. The lowest BCUT2D eigenvalue weighted by atomic mass is 9.97. The van der Waals surface area contributed by atoms with E-state index in [1.54, 1.807) is 0 Å². The normalized spacial score (nSPS) is 19.7. The molecule has 0 bridgehead atoms. The summed E-state index contributed by atoms with van der Waals surface area (Å²) in [6.45, 7) is 3.32. The average molecular weight is 374 g/mol. The molecule has 1 aromatic rings. The van der Waals surface area contributed by atoms with Crippen LogP contribution in [0.1, 0.15) is 24.8 Å². The van der Waals surface area contributed by atoms with Crippen LogP contribution in [0.25, 0.3) is 0 Å². The highest BCUT2D eigenvalue weighted by Crippen LogP contribution is 2.23. The first kappa shape index (κ1) is 19.0. The first-order valence-electron chi connectivity index (χ1n) is 9.34. The van der Waals surface area contributed by atoms with Crippen molar-refractivity contribution in [3.8, 4) is 0 Å². The second-order valence-corrected chi connectivity index (χ2v) is 6.98. The van der Waals surface area contributed by atoms with Crippen molar-refractivity contribution >= 4 is 23.6 Å². The average Bonchev–Trinajstić information content (AvgIpc) is 3.10. The van der Waals surface area contributed by atoms with Gasteiger partial charge in [0.05, 0.1) is 12.5 Å². The molecule has 0 aromatic heterocycles. The predicted molar refractivity (Wildman–Crippen MR) is 100.0 cm³/mol. The number of primary amides is 1. The van der Waals surface area contributed by atoms with E-state index in [-0.39, 0.29) is 30.2 Å². The Morgan fingerprint density at radius 1 is 1.22 bits per heavy atom. The molecule has 0 radical (unpaired) electrons. The van der Waals surface area contributed by atoms with Crippen molar-refractivity contribution in [1.29, 1.82) is 0 Å². The van der Waals surface area contributed by atoms with Gasteiger partial charge in [-0.05, 0) is 30.5 Å². The third-order valence-corrected chi connectivity index (χ3v) is 5.07. The van der Waals surface area contributed by atoms with Gasteiger partial charge in [0, 0.05) is 38.3 Å². The first-order chi connectivity index (χ1) is 13.0. The first-order valence-corrected chi connectivity index (χ1v) is 9.34. The van der Waals surface area contributed by atoms with E-state index in [0.29, 0.717) is 32.8 Å². The van der Waals surface area contributed by atoms with E-state index < -0.39 is 0 Å². The Kier molecular flexibility index (Phi) is 6.16. The lowest BCUT2D eigenvalue weighted by Crippen LogP contribution is -2.41. The Morgan fingerprint density at radius 2 is 2.00 bits per heavy atom. The molecule has 0 unspecified atom stereocenters. The van der Waals surface area contributed by atoms with Crippen LogP contribution in [-0.4, -0.2) is 55.6 Å². The number of nitrogens with one attached hydrogen (secondary N) is 1. The third-order valence-electron chi connectivity index (χ3n) is 5.07. The molecule has 8 nitrogen and oxygen atoms in total. The Balaban J connectivity index is 1.44. The monoisotopic (exact) mass is 374 g/mol. The van der Waals surface area contributed by atoms with Gasteiger partial charge < -0.3 is 25.6 Å². The second-order valence-electron chi connectivity index (χ2n) is 6.98. The maximum absolute atomic E-state index is 12.0. The van der Waals surface area contributed by atoms with Gasteiger partial charge in [-0.2, -0.15) is 0 Å². The molecule has 8 heteroatoms. The fourth-order valence-corrected chi connectivity index (χ4v) is 3.42. The third kappa shape index (κ3) is 5.12. The highest BCUT2D eigenvalue weighted by Gasteiger charge is 2.24. The van der Waals surface area contributed by atoms with Crippen LogP contribution in [0.15, 0.2) is 24.3 Å². The van der Waals surface area contributed by atoms with E-state index in [1.807, 2.05) is 24.3 Å². The van der Waals surface area contributed by atoms with Gasteiger partial charge in [0.15, 0.2) is 0 Å². The van der Waals surface area contributed by atoms with Gasteiger partial charge in [-0.15, -0.1) is 0 Å². The van der Waals surface area contributed by atoms with Crippen molar-refractivity contribution in [3.63, 3.8) is 0 Å². The van der Waals surface area contributed by atoms with Crippen LogP contribution in [0.5, 0.6) is 0 Å². The van der Waals surface area contributed by atoms with Gasteiger partial charge in [-0.3, -0.25) is 9.59 Å². The van der Waals surface area contributed by atoms with Gasteiger partial charge in [0.1, 0.15) is 6.61 Å². The molecule has 2 heterocycles. The van der Waals surface area contributed by atoms with Gasteiger partial charge in [-0.1, -0.05) is 12.1 Å². The number of rotatable bonds is 7. The fourth-order valence-electron chi connectivity index (χ4n) is 3.42. The molecule has 2 aliphatic rings. The largest absolute Gasteiger partial charge is 0.448 e. The minimum Gasteiger partial charge on any atom is -0.448 e. The summed E-state index contributed by atoms with van der Waals surface area (Å²) in [5, 5.41) is 2.87. The zero-order valence-corrected chi connectivity index (χ0v) is 15.4. The summed E-state index contributed by atoms with van der Waals surface area (Å²) in [5.41, 5.74) is 7.49. The molecule has 2 saturated heterocycles. The number of benzene rings is 1. The Bertz CT molecular complexity index is 691. The number of hydrogen-bond donors (Lipinski definition) is 2. The van der Waals surface area contributed by atoms with E-state index in [2.05, 4.69) is 10.2 Å². The maximum Gasteiger partial charge on any atom is 0.409 e. The number of carbonyl (C=O) groups is 3. The van der Waals surface area contributed by atoms with Crippen molar-refractivity contribution in [2.45, 2.75) is 25.8 Å². The second kappa shape index (κ2) is 8.75. The van der Waals surface area contributed by atoms with E-state index in [1.165, 1.54) is 4.90 Å². The summed E-state index contributed by atoms with van der Waals surface area (Å²) in [7, 11) is 0. The van der Waals surface area contributed by atoms with Crippen LogP contribution in [0.4, 0.5) is 10.5 Å². The van der Waals surface area contributed by atoms with Gasteiger partial charge >= 0.3 is 6.09 Å². The van der Waals surface area contributed by atoms with Crippen molar-refractivity contribution in [3.05, 3.63) is 29.8 Å². The van der Waals surface area contributed by atoms with Crippen LogP contribution in [-0.2, 0) is 20.9 Å². The SMILES string of the molecule is NC(=O)[C@H]1CCCN(c2ccc(CNC(=O)CCN3CCOC3=O)cc2)C1. The van der Waals surface area contributed by atoms with E-state index in [4.69, 9.17) is 10.5 Å². The highest BCUT2D eigenvalue weighted by atomic mass is 16.6. The minimum atomic E-state index is -0.352. The van der Waals surface area contributed by atoms with E-state index >= 15 is 0 Å². The number of ether oxygens (including phenoxy) is 1. The number of piperidine rings is 1. The number of nitrogens with zero attached hydrogens (tertiary/aromatic N) is 2. The summed E-state index contributed by atoms with van der Waals surface area (Å²) >= 11 is 0. The molecule has 3 rings (SSSR count). The molecule has 146 valence electrons. The van der Waals surface area contributed by atoms with E-state index in [9.17, 15) is 14.4 Å². The van der Waals surface area contributed by atoms with Crippen molar-refractivity contribution in [2.24, 2.45) is 11.7 Å². The van der Waals surface area contributed by atoms with Crippen molar-refractivity contribution < 1.29 is 19.1 Å². The maximum atomic E-state index is 12.0. The molecule has 0 saturated carbocycles. The fraction of sp³-hybridized carbons (Fsp3) is 0.526. The molecular formula is C19H26N4O4. The summed E-state index contributed by atoms with van der Waals surface area (Å²) < 4.78 is 4.83. The number of nitrogens with two attached hydrogens (primary N) is 1. The van der Waals surface area contributed by atoms with Crippen LogP contribution < -0.4 is 16.0 Å². The van der Waals surface area contributed by atoms with Gasteiger partial charge in [-0.25, -0.2) is 4.79 Å². The number of amides is 3. The number of carbonyl (C=O) groups excluding carboxylic acids is 3. The number of anilines is 1. The Morgan fingerprint density at radius 3 is 2.67 bits per heavy atom. The summed E-state index contributed by atoms with van der Waals surface area (Å²) in [5.74, 6) is -0.425. The minimum absolute atomic E-state index is 0.0920. The molecule has 27 heavy (non-hydrogen) atoms. The molecule has 2 aliphatic heterocycles. The van der Waals surface area contributed by atoms with Crippen LogP contribution in [0.3, 0.4) is 0 Å². The molecule has 1 aromatic carbocycles. The van der Waals surface area contributed by atoms with Crippen LogP contribution in [0.2, 0.25) is 0 Å². The standard InChI is InChI=1S/C19H26N4O4/c20-18(25)15-2-1-8-23(13-15)16-5-3-14(4-6-16)12-21-17(24)7-9-22-10-11-27-19(22)26/h3-6,15H,1-2,7-13H2,(H2,20,25)(H,21,24)/t15-/m0/s1. The Labute approximate surface area is 158 Å². The van der Waals surface area contributed by atoms with Crippen molar-refractivity contribution in [1.82, 2.24) is 10.2 Å². The number of cyclic esters (lactones) is 1. The lowest BCUT2D eigenvalue weighted by molar-refractivity contribution is -0.122. The molecule has 3 amide bonds. The summed E-state index contributed by atoms with van der Waals surface area (Å²) in [6, 6.07) is 7.96. The van der Waals surface area contributed by atoms with Crippen molar-refractivity contribution in [2.75, 3.05) is 37.7 Å². The zero-order valence-electron chi connectivity index (χ0n) is 15.4.